The predicted molar refractivity (Wildman–Crippen MR) is 113 cm³/mol. The highest BCUT2D eigenvalue weighted by Crippen LogP contribution is 2.34. The van der Waals surface area contributed by atoms with Crippen LogP contribution in [0.3, 0.4) is 0 Å². The number of nitrogens with zero attached hydrogens (tertiary/aromatic N) is 3. The van der Waals surface area contributed by atoms with Crippen LogP contribution in [0.2, 0.25) is 0 Å². The minimum absolute atomic E-state index is 0.0151. The second-order valence-corrected chi connectivity index (χ2v) is 9.14. The highest BCUT2D eigenvalue weighted by atomic mass is 16.6. The number of ether oxygens (including phenoxy) is 1. The minimum atomic E-state index is -0.209. The van der Waals surface area contributed by atoms with E-state index in [2.05, 4.69) is 29.8 Å². The summed E-state index contributed by atoms with van der Waals surface area (Å²) in [6, 6.07) is 6.32. The first kappa shape index (κ1) is 20.0. The largest absolute Gasteiger partial charge is 0.447 e. The third kappa shape index (κ3) is 3.80. The number of likely N-dealkylation sites (tertiary alicyclic amines) is 2. The maximum atomic E-state index is 12.6. The van der Waals surface area contributed by atoms with E-state index in [-0.39, 0.29) is 29.5 Å². The van der Waals surface area contributed by atoms with E-state index in [0.29, 0.717) is 6.54 Å². The fourth-order valence-corrected chi connectivity index (χ4v) is 4.89. The summed E-state index contributed by atoms with van der Waals surface area (Å²) in [7, 11) is 0. The number of hydrogen-bond donors (Lipinski definition) is 1. The molecule has 7 nitrogen and oxygen atoms in total. The van der Waals surface area contributed by atoms with Crippen LogP contribution in [0.1, 0.15) is 51.6 Å². The summed E-state index contributed by atoms with van der Waals surface area (Å²) >= 11 is 0. The number of H-pyrrole nitrogens is 1. The van der Waals surface area contributed by atoms with Gasteiger partial charge in [-0.25, -0.2) is 9.59 Å². The molecule has 158 valence electrons. The predicted octanol–water partition coefficient (Wildman–Crippen LogP) is 3.28. The van der Waals surface area contributed by atoms with Crippen LogP contribution in [0.15, 0.2) is 23.0 Å². The van der Waals surface area contributed by atoms with Crippen molar-refractivity contribution in [2.45, 2.75) is 64.6 Å². The molecule has 1 aromatic carbocycles. The molecule has 1 amide bonds. The number of hydrogen-bond acceptors (Lipinski definition) is 4. The van der Waals surface area contributed by atoms with Crippen molar-refractivity contribution in [3.8, 4) is 0 Å². The molecule has 29 heavy (non-hydrogen) atoms. The Kier molecular flexibility index (Phi) is 5.19. The molecule has 0 aliphatic carbocycles. The molecule has 0 spiro atoms. The third-order valence-electron chi connectivity index (χ3n) is 6.51. The van der Waals surface area contributed by atoms with Gasteiger partial charge in [-0.3, -0.25) is 9.47 Å². The second-order valence-electron chi connectivity index (χ2n) is 9.14. The van der Waals surface area contributed by atoms with Crippen LogP contribution in [0.4, 0.5) is 4.79 Å². The quantitative estimate of drug-likeness (QED) is 0.858. The van der Waals surface area contributed by atoms with Crippen molar-refractivity contribution in [2.24, 2.45) is 0 Å². The number of benzene rings is 1. The Bertz CT molecular complexity index is 955. The van der Waals surface area contributed by atoms with Gasteiger partial charge < -0.3 is 14.6 Å². The summed E-state index contributed by atoms with van der Waals surface area (Å²) in [5, 5.41) is 0. The summed E-state index contributed by atoms with van der Waals surface area (Å²) in [5.41, 5.74) is 3.03. The average Bonchev–Trinajstić information content (AvgIpc) is 3.22. The molecule has 2 fully saturated rings. The van der Waals surface area contributed by atoms with Crippen LogP contribution in [0.25, 0.3) is 11.0 Å². The molecule has 1 unspecified atom stereocenters. The number of aromatic nitrogens is 2. The van der Waals surface area contributed by atoms with Gasteiger partial charge in [0.1, 0.15) is 0 Å². The molecule has 1 N–H and O–H groups in total. The Morgan fingerprint density at radius 2 is 1.97 bits per heavy atom. The van der Waals surface area contributed by atoms with Crippen molar-refractivity contribution in [2.75, 3.05) is 26.2 Å². The molecular weight excluding hydrogens is 368 g/mol. The number of imidazole rings is 1. The highest BCUT2D eigenvalue weighted by molar-refractivity contribution is 5.76. The van der Waals surface area contributed by atoms with Gasteiger partial charge in [-0.1, -0.05) is 6.07 Å². The topological polar surface area (TPSA) is 70.6 Å². The number of piperidine rings is 1. The van der Waals surface area contributed by atoms with E-state index in [4.69, 9.17) is 4.74 Å². The van der Waals surface area contributed by atoms with Crippen LogP contribution in [0, 0.1) is 6.92 Å². The molecule has 2 aromatic rings. The highest BCUT2D eigenvalue weighted by Gasteiger charge is 2.42. The molecule has 7 heteroatoms. The van der Waals surface area contributed by atoms with Crippen molar-refractivity contribution >= 4 is 17.1 Å². The van der Waals surface area contributed by atoms with Gasteiger partial charge >= 0.3 is 11.8 Å². The smallest absolute Gasteiger partial charge is 0.410 e. The van der Waals surface area contributed by atoms with Crippen LogP contribution in [-0.2, 0) is 4.74 Å². The maximum absolute atomic E-state index is 12.6. The van der Waals surface area contributed by atoms with E-state index in [1.807, 2.05) is 35.4 Å². The molecule has 0 saturated carbocycles. The number of carbonyl (C=O) groups is 1. The van der Waals surface area contributed by atoms with Gasteiger partial charge in [-0.15, -0.1) is 0 Å². The van der Waals surface area contributed by atoms with Crippen molar-refractivity contribution in [3.63, 3.8) is 0 Å². The van der Waals surface area contributed by atoms with Crippen LogP contribution < -0.4 is 5.69 Å². The summed E-state index contributed by atoms with van der Waals surface area (Å²) in [6.45, 7) is 11.4. The Morgan fingerprint density at radius 1 is 1.24 bits per heavy atom. The molecular formula is C22H32N4O3. The SMILES string of the molecule is Cc1ccc2[nH]c(=O)n(C3CCN(C4(C)CCN(C(=O)OC(C)C)C4)CC3)c2c1. The van der Waals surface area contributed by atoms with Crippen LogP contribution >= 0.6 is 0 Å². The summed E-state index contributed by atoms with van der Waals surface area (Å²) in [5.74, 6) is 0. The van der Waals surface area contributed by atoms with Gasteiger partial charge in [0, 0.05) is 37.8 Å². The Labute approximate surface area is 171 Å². The number of aromatic amines is 1. The van der Waals surface area contributed by atoms with Crippen molar-refractivity contribution in [3.05, 3.63) is 34.2 Å². The van der Waals surface area contributed by atoms with Gasteiger partial charge in [0.05, 0.1) is 17.1 Å². The molecule has 4 rings (SSSR count). The van der Waals surface area contributed by atoms with Crippen molar-refractivity contribution < 1.29 is 9.53 Å². The number of carbonyl (C=O) groups excluding carboxylic acids is 1. The zero-order valence-electron chi connectivity index (χ0n) is 17.9. The molecule has 3 heterocycles. The lowest BCUT2D eigenvalue weighted by Crippen LogP contribution is -2.52. The molecule has 1 atom stereocenters. The first-order chi connectivity index (χ1) is 13.8. The monoisotopic (exact) mass is 400 g/mol. The lowest BCUT2D eigenvalue weighted by atomic mass is 9.93. The Balaban J connectivity index is 1.44. The number of rotatable bonds is 3. The van der Waals surface area contributed by atoms with E-state index in [9.17, 15) is 9.59 Å². The van der Waals surface area contributed by atoms with Gasteiger partial charge in [-0.2, -0.15) is 0 Å². The molecule has 2 aliphatic rings. The zero-order chi connectivity index (χ0) is 20.8. The van der Waals surface area contributed by atoms with Crippen LogP contribution in [-0.4, -0.2) is 63.3 Å². The fraction of sp³-hybridized carbons (Fsp3) is 0.636. The third-order valence-corrected chi connectivity index (χ3v) is 6.51. The van der Waals surface area contributed by atoms with Crippen molar-refractivity contribution in [1.82, 2.24) is 19.4 Å². The summed E-state index contributed by atoms with van der Waals surface area (Å²) < 4.78 is 7.32. The Hall–Kier alpha value is -2.28. The number of nitrogens with one attached hydrogen (secondary N) is 1. The molecule has 1 aromatic heterocycles. The van der Waals surface area contributed by atoms with Crippen LogP contribution in [0.5, 0.6) is 0 Å². The number of aryl methyl sites for hydroxylation is 1. The lowest BCUT2D eigenvalue weighted by molar-refractivity contribution is 0.0562. The molecule has 0 bridgehead atoms. The van der Waals surface area contributed by atoms with Gasteiger partial charge in [0.15, 0.2) is 0 Å². The first-order valence-electron chi connectivity index (χ1n) is 10.7. The maximum Gasteiger partial charge on any atom is 0.410 e. The van der Waals surface area contributed by atoms with Gasteiger partial charge in [0.25, 0.3) is 0 Å². The summed E-state index contributed by atoms with van der Waals surface area (Å²) in [6.07, 6.45) is 2.53. The number of amides is 1. The van der Waals surface area contributed by atoms with Gasteiger partial charge in [0.2, 0.25) is 0 Å². The summed E-state index contributed by atoms with van der Waals surface area (Å²) in [4.78, 5) is 32.2. The second kappa shape index (κ2) is 7.52. The minimum Gasteiger partial charge on any atom is -0.447 e. The van der Waals surface area contributed by atoms with E-state index < -0.39 is 0 Å². The van der Waals surface area contributed by atoms with E-state index >= 15 is 0 Å². The average molecular weight is 401 g/mol. The zero-order valence-corrected chi connectivity index (χ0v) is 17.9. The lowest BCUT2D eigenvalue weighted by Gasteiger charge is -2.43. The molecule has 0 radical (unpaired) electrons. The normalized spacial score (nSPS) is 24.0. The Morgan fingerprint density at radius 3 is 2.66 bits per heavy atom. The number of fused-ring (bicyclic) bond motifs is 1. The van der Waals surface area contributed by atoms with Gasteiger partial charge in [-0.05, 0) is 64.7 Å². The van der Waals surface area contributed by atoms with Crippen molar-refractivity contribution in [1.29, 1.82) is 0 Å². The molecule has 2 aliphatic heterocycles. The fourth-order valence-electron chi connectivity index (χ4n) is 4.89. The first-order valence-corrected chi connectivity index (χ1v) is 10.7. The van der Waals surface area contributed by atoms with E-state index in [1.54, 1.807) is 0 Å². The van der Waals surface area contributed by atoms with E-state index in [1.165, 1.54) is 0 Å². The standard InChI is InChI=1S/C22H32N4O3/c1-15(2)29-21(28)24-12-9-22(4,14-24)25-10-7-17(8-11-25)26-19-13-16(3)5-6-18(19)23-20(26)27/h5-6,13,15,17H,7-12,14H2,1-4H3,(H,23,27). The molecule has 2 saturated heterocycles. The van der Waals surface area contributed by atoms with E-state index in [0.717, 1.165) is 55.5 Å².